The topological polar surface area (TPSA) is 87.5 Å². The quantitative estimate of drug-likeness (QED) is 0.476. The monoisotopic (exact) mass is 366 g/mol. The molecule has 1 aliphatic heterocycles. The van der Waals surface area contributed by atoms with E-state index in [1.54, 1.807) is 13.2 Å². The van der Waals surface area contributed by atoms with E-state index >= 15 is 0 Å². The van der Waals surface area contributed by atoms with Crippen LogP contribution in [0.1, 0.15) is 5.56 Å². The summed E-state index contributed by atoms with van der Waals surface area (Å²) in [6, 6.07) is 11.8. The molecule has 0 unspecified atom stereocenters. The Bertz CT molecular complexity index is 882. The van der Waals surface area contributed by atoms with Gasteiger partial charge in [-0.25, -0.2) is 4.98 Å². The molecule has 0 radical (unpaired) electrons. The number of anilines is 1. The number of ether oxygens (including phenoxy) is 2. The van der Waals surface area contributed by atoms with Gasteiger partial charge in [-0.05, 0) is 18.2 Å². The van der Waals surface area contributed by atoms with E-state index in [1.807, 2.05) is 36.4 Å². The van der Waals surface area contributed by atoms with Gasteiger partial charge in [0.15, 0.2) is 0 Å². The SMILES string of the molecule is COCCNC(=O)/C(C#N)=C/c1cc2ccccc2nc1N1CCOCC1. The normalized spacial score (nSPS) is 14.8. The summed E-state index contributed by atoms with van der Waals surface area (Å²) in [5.41, 5.74) is 1.66. The molecule has 1 aromatic carbocycles. The second kappa shape index (κ2) is 9.12. The van der Waals surface area contributed by atoms with Crippen LogP contribution < -0.4 is 10.2 Å². The Hall–Kier alpha value is -2.95. The summed E-state index contributed by atoms with van der Waals surface area (Å²) in [6.45, 7) is 3.42. The Morgan fingerprint density at radius 3 is 2.93 bits per heavy atom. The van der Waals surface area contributed by atoms with E-state index in [0.717, 1.165) is 22.3 Å². The first-order valence-electron chi connectivity index (χ1n) is 8.84. The molecule has 1 N–H and O–H groups in total. The standard InChI is InChI=1S/C20H22N4O3/c1-26-9-6-22-20(25)17(14-21)13-16-12-15-4-2-3-5-18(15)23-19(16)24-7-10-27-11-8-24/h2-5,12-13H,6-11H2,1H3,(H,22,25)/b17-13+. The minimum Gasteiger partial charge on any atom is -0.383 e. The predicted molar refractivity (Wildman–Crippen MR) is 103 cm³/mol. The van der Waals surface area contributed by atoms with Gasteiger partial charge in [0.2, 0.25) is 0 Å². The van der Waals surface area contributed by atoms with Crippen LogP contribution in [-0.2, 0) is 14.3 Å². The smallest absolute Gasteiger partial charge is 0.262 e. The highest BCUT2D eigenvalue weighted by molar-refractivity contribution is 6.02. The van der Waals surface area contributed by atoms with E-state index in [4.69, 9.17) is 14.5 Å². The van der Waals surface area contributed by atoms with Crippen LogP contribution in [0.3, 0.4) is 0 Å². The van der Waals surface area contributed by atoms with Gasteiger partial charge in [0.1, 0.15) is 17.5 Å². The first-order valence-corrected chi connectivity index (χ1v) is 8.84. The van der Waals surface area contributed by atoms with Crippen LogP contribution in [0, 0.1) is 11.3 Å². The number of benzene rings is 1. The maximum Gasteiger partial charge on any atom is 0.262 e. The number of hydrogen-bond donors (Lipinski definition) is 1. The van der Waals surface area contributed by atoms with Crippen molar-refractivity contribution in [1.29, 1.82) is 5.26 Å². The van der Waals surface area contributed by atoms with Crippen molar-refractivity contribution < 1.29 is 14.3 Å². The number of methoxy groups -OCH3 is 1. The Labute approximate surface area is 158 Å². The molecule has 0 spiro atoms. The summed E-state index contributed by atoms with van der Waals surface area (Å²) in [5.74, 6) is 0.338. The average Bonchev–Trinajstić information content (AvgIpc) is 2.72. The van der Waals surface area contributed by atoms with Gasteiger partial charge in [-0.15, -0.1) is 0 Å². The number of pyridine rings is 1. The number of nitriles is 1. The Morgan fingerprint density at radius 2 is 2.19 bits per heavy atom. The van der Waals surface area contributed by atoms with Crippen molar-refractivity contribution in [3.8, 4) is 6.07 Å². The number of hydrogen-bond acceptors (Lipinski definition) is 6. The Kier molecular flexibility index (Phi) is 6.36. The molecule has 1 aromatic heterocycles. The highest BCUT2D eigenvalue weighted by Gasteiger charge is 2.18. The summed E-state index contributed by atoms with van der Waals surface area (Å²) >= 11 is 0. The van der Waals surface area contributed by atoms with Crippen LogP contribution >= 0.6 is 0 Å². The number of morpholine rings is 1. The van der Waals surface area contributed by atoms with Crippen LogP contribution in [0.5, 0.6) is 0 Å². The van der Waals surface area contributed by atoms with Crippen molar-refractivity contribution in [2.75, 3.05) is 51.5 Å². The molecular weight excluding hydrogens is 344 g/mol. The third-order valence-electron chi connectivity index (χ3n) is 4.30. The largest absolute Gasteiger partial charge is 0.383 e. The van der Waals surface area contributed by atoms with Crippen molar-refractivity contribution in [2.24, 2.45) is 0 Å². The fourth-order valence-electron chi connectivity index (χ4n) is 2.92. The Morgan fingerprint density at radius 1 is 1.41 bits per heavy atom. The molecule has 140 valence electrons. The molecule has 0 bridgehead atoms. The zero-order chi connectivity index (χ0) is 19.1. The van der Waals surface area contributed by atoms with Gasteiger partial charge in [0, 0.05) is 37.7 Å². The lowest BCUT2D eigenvalue weighted by Gasteiger charge is -2.29. The first-order chi connectivity index (χ1) is 13.2. The molecule has 2 aromatic rings. The van der Waals surface area contributed by atoms with Gasteiger partial charge in [-0.3, -0.25) is 4.79 Å². The molecule has 1 fully saturated rings. The van der Waals surface area contributed by atoms with Gasteiger partial charge in [-0.2, -0.15) is 5.26 Å². The molecule has 1 aliphatic rings. The number of carbonyl (C=O) groups excluding carboxylic acids is 1. The maximum atomic E-state index is 12.3. The first kappa shape index (κ1) is 18.8. The lowest BCUT2D eigenvalue weighted by molar-refractivity contribution is -0.117. The predicted octanol–water partition coefficient (Wildman–Crippen LogP) is 1.74. The molecule has 3 rings (SSSR count). The molecular formula is C20H22N4O3. The van der Waals surface area contributed by atoms with E-state index in [-0.39, 0.29) is 5.57 Å². The molecule has 0 atom stereocenters. The maximum absolute atomic E-state index is 12.3. The number of para-hydroxylation sites is 1. The van der Waals surface area contributed by atoms with Crippen LogP contribution in [-0.4, -0.2) is 57.5 Å². The average molecular weight is 366 g/mol. The molecule has 27 heavy (non-hydrogen) atoms. The fraction of sp³-hybridized carbons (Fsp3) is 0.350. The van der Waals surface area contributed by atoms with Gasteiger partial charge >= 0.3 is 0 Å². The Balaban J connectivity index is 1.99. The van der Waals surface area contributed by atoms with Gasteiger partial charge in [0.05, 0.1) is 25.3 Å². The molecule has 2 heterocycles. The lowest BCUT2D eigenvalue weighted by Crippen LogP contribution is -2.37. The van der Waals surface area contributed by atoms with E-state index in [0.29, 0.717) is 39.5 Å². The van der Waals surface area contributed by atoms with Crippen LogP contribution in [0.25, 0.3) is 17.0 Å². The van der Waals surface area contributed by atoms with Crippen molar-refractivity contribution in [3.05, 3.63) is 41.5 Å². The molecule has 7 heteroatoms. The second-order valence-electron chi connectivity index (χ2n) is 6.11. The van der Waals surface area contributed by atoms with Crippen LogP contribution in [0.2, 0.25) is 0 Å². The van der Waals surface area contributed by atoms with Crippen molar-refractivity contribution >= 4 is 28.7 Å². The number of aromatic nitrogens is 1. The third kappa shape index (κ3) is 4.61. The van der Waals surface area contributed by atoms with E-state index in [2.05, 4.69) is 10.2 Å². The number of nitrogens with zero attached hydrogens (tertiary/aromatic N) is 3. The van der Waals surface area contributed by atoms with Crippen LogP contribution in [0.15, 0.2) is 35.9 Å². The van der Waals surface area contributed by atoms with Crippen molar-refractivity contribution in [1.82, 2.24) is 10.3 Å². The summed E-state index contributed by atoms with van der Waals surface area (Å²) in [4.78, 5) is 19.2. The van der Waals surface area contributed by atoms with Crippen molar-refractivity contribution in [3.63, 3.8) is 0 Å². The van der Waals surface area contributed by atoms with E-state index in [1.165, 1.54) is 0 Å². The highest BCUT2D eigenvalue weighted by atomic mass is 16.5. The van der Waals surface area contributed by atoms with Crippen LogP contribution in [0.4, 0.5) is 5.82 Å². The molecule has 7 nitrogen and oxygen atoms in total. The zero-order valence-corrected chi connectivity index (χ0v) is 15.3. The van der Waals surface area contributed by atoms with Gasteiger partial charge in [0.25, 0.3) is 5.91 Å². The van der Waals surface area contributed by atoms with Gasteiger partial charge in [-0.1, -0.05) is 18.2 Å². The minimum absolute atomic E-state index is 0.0395. The summed E-state index contributed by atoms with van der Waals surface area (Å²) < 4.78 is 10.4. The van der Waals surface area contributed by atoms with Gasteiger partial charge < -0.3 is 19.7 Å². The van der Waals surface area contributed by atoms with E-state index in [9.17, 15) is 10.1 Å². The van der Waals surface area contributed by atoms with E-state index < -0.39 is 5.91 Å². The van der Waals surface area contributed by atoms with Crippen molar-refractivity contribution in [2.45, 2.75) is 0 Å². The fourth-order valence-corrected chi connectivity index (χ4v) is 2.92. The summed E-state index contributed by atoms with van der Waals surface area (Å²) in [7, 11) is 1.56. The summed E-state index contributed by atoms with van der Waals surface area (Å²) in [6.07, 6.45) is 1.60. The molecule has 1 amide bonds. The molecule has 0 aliphatic carbocycles. The minimum atomic E-state index is -0.421. The number of nitrogens with one attached hydrogen (secondary N) is 1. The number of rotatable bonds is 6. The molecule has 1 saturated heterocycles. The number of fused-ring (bicyclic) bond motifs is 1. The number of carbonyl (C=O) groups is 1. The molecule has 0 saturated carbocycles. The zero-order valence-electron chi connectivity index (χ0n) is 15.3. The second-order valence-corrected chi connectivity index (χ2v) is 6.11. The lowest BCUT2D eigenvalue weighted by atomic mass is 10.1. The third-order valence-corrected chi connectivity index (χ3v) is 4.30. The highest BCUT2D eigenvalue weighted by Crippen LogP contribution is 2.26. The summed E-state index contributed by atoms with van der Waals surface area (Å²) in [5, 5.41) is 13.1. The number of amides is 1.